The molecule has 0 aliphatic carbocycles. The van der Waals surface area contributed by atoms with Gasteiger partial charge in [-0.2, -0.15) is 4.98 Å². The molecule has 2 rings (SSSR count). The zero-order chi connectivity index (χ0) is 12.1. The molecule has 0 spiro atoms. The highest BCUT2D eigenvalue weighted by Gasteiger charge is 2.10. The molecule has 0 radical (unpaired) electrons. The summed E-state index contributed by atoms with van der Waals surface area (Å²) in [6, 6.07) is 5.56. The number of nitrogens with zero attached hydrogens (tertiary/aromatic N) is 2. The Morgan fingerprint density at radius 1 is 1.41 bits per heavy atom. The lowest BCUT2D eigenvalue weighted by Gasteiger charge is -2.12. The summed E-state index contributed by atoms with van der Waals surface area (Å²) >= 11 is 0. The average Bonchev–Trinajstić information content (AvgIpc) is 2.88. The van der Waals surface area contributed by atoms with Crippen LogP contribution < -0.4 is 15.2 Å². The molecular weight excluding hydrogens is 222 g/mol. The van der Waals surface area contributed by atoms with Crippen LogP contribution in [0, 0.1) is 0 Å². The number of nitrogens with two attached hydrogens (primary N) is 1. The van der Waals surface area contributed by atoms with Gasteiger partial charge >= 0.3 is 0 Å². The van der Waals surface area contributed by atoms with Gasteiger partial charge in [-0.1, -0.05) is 17.3 Å². The topological polar surface area (TPSA) is 83.4 Å². The van der Waals surface area contributed by atoms with Crippen molar-refractivity contribution in [2.24, 2.45) is 5.73 Å². The van der Waals surface area contributed by atoms with E-state index in [0.29, 0.717) is 23.9 Å². The fourth-order valence-corrected chi connectivity index (χ4v) is 1.44. The minimum Gasteiger partial charge on any atom is -0.493 e. The number of hydrogen-bond donors (Lipinski definition) is 1. The van der Waals surface area contributed by atoms with Crippen LogP contribution in [-0.2, 0) is 13.2 Å². The molecule has 2 N–H and O–H groups in total. The molecule has 1 aromatic heterocycles. The van der Waals surface area contributed by atoms with Crippen LogP contribution in [0.5, 0.6) is 11.5 Å². The van der Waals surface area contributed by atoms with Gasteiger partial charge in [-0.25, -0.2) is 0 Å². The van der Waals surface area contributed by atoms with Crippen molar-refractivity contribution in [3.05, 3.63) is 36.0 Å². The Labute approximate surface area is 98.3 Å². The van der Waals surface area contributed by atoms with Gasteiger partial charge in [0.25, 0.3) is 0 Å². The number of methoxy groups -OCH3 is 1. The Bertz CT molecular complexity index is 449. The van der Waals surface area contributed by atoms with Crippen LogP contribution in [0.25, 0.3) is 0 Å². The lowest BCUT2D eigenvalue weighted by Crippen LogP contribution is -2.05. The van der Waals surface area contributed by atoms with Crippen LogP contribution in [0.2, 0.25) is 0 Å². The van der Waals surface area contributed by atoms with Crippen LogP contribution in [0.1, 0.15) is 11.4 Å². The van der Waals surface area contributed by atoms with Crippen LogP contribution in [0.15, 0.2) is 29.1 Å². The standard InChI is InChI=1S/C11H13N3O3/c1-15-9-4-2-3-8(5-12)11(9)16-6-10-13-7-17-14-10/h2-4,7H,5-6,12H2,1H3. The van der Waals surface area contributed by atoms with Crippen molar-refractivity contribution in [2.75, 3.05) is 7.11 Å². The number of ether oxygens (including phenoxy) is 2. The molecule has 0 unspecified atom stereocenters. The fourth-order valence-electron chi connectivity index (χ4n) is 1.44. The second-order valence-electron chi connectivity index (χ2n) is 3.29. The van der Waals surface area contributed by atoms with Gasteiger partial charge < -0.3 is 19.7 Å². The van der Waals surface area contributed by atoms with Crippen molar-refractivity contribution in [1.29, 1.82) is 0 Å². The number of benzene rings is 1. The van der Waals surface area contributed by atoms with Gasteiger partial charge in [-0.3, -0.25) is 0 Å². The quantitative estimate of drug-likeness (QED) is 0.835. The molecule has 0 saturated heterocycles. The van der Waals surface area contributed by atoms with Gasteiger partial charge in [0.05, 0.1) is 7.11 Å². The Balaban J connectivity index is 2.18. The fraction of sp³-hybridized carbons (Fsp3) is 0.273. The number of para-hydroxylation sites is 1. The summed E-state index contributed by atoms with van der Waals surface area (Å²) in [5.74, 6) is 1.72. The Morgan fingerprint density at radius 3 is 2.94 bits per heavy atom. The van der Waals surface area contributed by atoms with E-state index in [4.69, 9.17) is 15.2 Å². The summed E-state index contributed by atoms with van der Waals surface area (Å²) in [5.41, 5.74) is 6.51. The molecule has 0 aliphatic heterocycles. The summed E-state index contributed by atoms with van der Waals surface area (Å²) < 4.78 is 15.4. The highest BCUT2D eigenvalue weighted by atomic mass is 16.5. The molecule has 0 saturated carbocycles. The van der Waals surface area contributed by atoms with Crippen molar-refractivity contribution in [2.45, 2.75) is 13.2 Å². The number of aromatic nitrogens is 2. The first-order valence-corrected chi connectivity index (χ1v) is 5.09. The third kappa shape index (κ3) is 2.54. The second kappa shape index (κ2) is 5.31. The van der Waals surface area contributed by atoms with Crippen molar-refractivity contribution in [3.63, 3.8) is 0 Å². The maximum absolute atomic E-state index is 5.64. The SMILES string of the molecule is COc1cccc(CN)c1OCc1ncon1. The molecule has 17 heavy (non-hydrogen) atoms. The van der Waals surface area contributed by atoms with Crippen LogP contribution in [0.4, 0.5) is 0 Å². The molecule has 0 bridgehead atoms. The van der Waals surface area contributed by atoms with E-state index in [2.05, 4.69) is 14.7 Å². The van der Waals surface area contributed by atoms with Crippen molar-refractivity contribution >= 4 is 0 Å². The van der Waals surface area contributed by atoms with Gasteiger partial charge in [0.2, 0.25) is 12.2 Å². The molecule has 90 valence electrons. The maximum atomic E-state index is 5.64. The average molecular weight is 235 g/mol. The van der Waals surface area contributed by atoms with Crippen LogP contribution >= 0.6 is 0 Å². The number of hydrogen-bond acceptors (Lipinski definition) is 6. The van der Waals surface area contributed by atoms with Crippen molar-refractivity contribution < 1.29 is 14.0 Å². The minimum absolute atomic E-state index is 0.212. The Kier molecular flexibility index (Phi) is 3.56. The van der Waals surface area contributed by atoms with Gasteiger partial charge in [-0.05, 0) is 6.07 Å². The summed E-state index contributed by atoms with van der Waals surface area (Å²) in [5, 5.41) is 3.66. The predicted molar refractivity (Wildman–Crippen MR) is 59.5 cm³/mol. The van der Waals surface area contributed by atoms with E-state index in [9.17, 15) is 0 Å². The first-order valence-electron chi connectivity index (χ1n) is 5.09. The lowest BCUT2D eigenvalue weighted by atomic mass is 10.2. The third-order valence-electron chi connectivity index (χ3n) is 2.25. The summed E-state index contributed by atoms with van der Waals surface area (Å²) in [4.78, 5) is 3.87. The van der Waals surface area contributed by atoms with Crippen LogP contribution in [-0.4, -0.2) is 17.3 Å². The largest absolute Gasteiger partial charge is 0.493 e. The van der Waals surface area contributed by atoms with E-state index >= 15 is 0 Å². The van der Waals surface area contributed by atoms with E-state index in [0.717, 1.165) is 5.56 Å². The van der Waals surface area contributed by atoms with Crippen LogP contribution in [0.3, 0.4) is 0 Å². The zero-order valence-electron chi connectivity index (χ0n) is 9.42. The van der Waals surface area contributed by atoms with Gasteiger partial charge in [0.15, 0.2) is 18.1 Å². The molecule has 6 heteroatoms. The second-order valence-corrected chi connectivity index (χ2v) is 3.29. The minimum atomic E-state index is 0.212. The van der Waals surface area contributed by atoms with Crippen molar-refractivity contribution in [1.82, 2.24) is 10.1 Å². The maximum Gasteiger partial charge on any atom is 0.213 e. The molecule has 2 aromatic rings. The normalized spacial score (nSPS) is 10.2. The molecule has 0 atom stereocenters. The predicted octanol–water partition coefficient (Wildman–Crippen LogP) is 1.12. The summed E-state index contributed by atoms with van der Waals surface area (Å²) in [6.45, 7) is 0.586. The molecule has 1 heterocycles. The van der Waals surface area contributed by atoms with E-state index in [1.165, 1.54) is 6.39 Å². The van der Waals surface area contributed by atoms with Gasteiger partial charge in [0.1, 0.15) is 0 Å². The number of rotatable bonds is 5. The molecule has 0 amide bonds. The molecule has 0 fully saturated rings. The molecule has 0 aliphatic rings. The first-order chi connectivity index (χ1) is 8.35. The zero-order valence-corrected chi connectivity index (χ0v) is 9.42. The summed E-state index contributed by atoms with van der Waals surface area (Å²) in [6.07, 6.45) is 1.25. The lowest BCUT2D eigenvalue weighted by molar-refractivity contribution is 0.267. The smallest absolute Gasteiger partial charge is 0.213 e. The van der Waals surface area contributed by atoms with E-state index in [-0.39, 0.29) is 6.61 Å². The molecule has 1 aromatic carbocycles. The van der Waals surface area contributed by atoms with E-state index < -0.39 is 0 Å². The van der Waals surface area contributed by atoms with Gasteiger partial charge in [0, 0.05) is 12.1 Å². The van der Waals surface area contributed by atoms with E-state index in [1.54, 1.807) is 7.11 Å². The Hall–Kier alpha value is -2.08. The molecule has 6 nitrogen and oxygen atoms in total. The Morgan fingerprint density at radius 2 is 2.29 bits per heavy atom. The first kappa shape index (κ1) is 11.4. The highest BCUT2D eigenvalue weighted by molar-refractivity contribution is 5.46. The third-order valence-corrected chi connectivity index (χ3v) is 2.25. The van der Waals surface area contributed by atoms with Crippen molar-refractivity contribution in [3.8, 4) is 11.5 Å². The monoisotopic (exact) mass is 235 g/mol. The molecular formula is C11H13N3O3. The van der Waals surface area contributed by atoms with E-state index in [1.807, 2.05) is 18.2 Å². The summed E-state index contributed by atoms with van der Waals surface area (Å²) in [7, 11) is 1.58. The van der Waals surface area contributed by atoms with Gasteiger partial charge in [-0.15, -0.1) is 0 Å². The highest BCUT2D eigenvalue weighted by Crippen LogP contribution is 2.31.